The topological polar surface area (TPSA) is 114 Å². The Balaban J connectivity index is 1.70. The lowest BCUT2D eigenvalue weighted by molar-refractivity contribution is -0.190. The van der Waals surface area contributed by atoms with Crippen molar-refractivity contribution in [1.29, 1.82) is 0 Å². The van der Waals surface area contributed by atoms with E-state index in [0.29, 0.717) is 24.7 Å². The first kappa shape index (κ1) is 19.6. The minimum Gasteiger partial charge on any atom is -0.411 e. The van der Waals surface area contributed by atoms with Gasteiger partial charge in [0.2, 0.25) is 0 Å². The second-order valence-corrected chi connectivity index (χ2v) is 10.3. The summed E-state index contributed by atoms with van der Waals surface area (Å²) < 4.78 is 0. The largest absolute Gasteiger partial charge is 0.411 e. The lowest BCUT2D eigenvalue weighted by atomic mass is 9.43. The van der Waals surface area contributed by atoms with E-state index in [1.807, 2.05) is 6.92 Å². The van der Waals surface area contributed by atoms with E-state index in [9.17, 15) is 25.6 Å². The number of fused-ring (bicyclic) bond motifs is 5. The van der Waals surface area contributed by atoms with Crippen LogP contribution in [-0.2, 0) is 0 Å². The zero-order chi connectivity index (χ0) is 19.6. The molecule has 0 aromatic heterocycles. The maximum atomic E-state index is 11.4. The van der Waals surface area contributed by atoms with E-state index in [0.717, 1.165) is 38.5 Å². The van der Waals surface area contributed by atoms with Crippen LogP contribution < -0.4 is 0 Å². The molecule has 0 aromatic carbocycles. The highest BCUT2D eigenvalue weighted by Crippen LogP contribution is 2.68. The second-order valence-electron chi connectivity index (χ2n) is 10.3. The summed E-state index contributed by atoms with van der Waals surface area (Å²) in [4.78, 5) is 0. The van der Waals surface area contributed by atoms with Crippen LogP contribution in [0, 0.1) is 34.5 Å². The summed E-state index contributed by atoms with van der Waals surface area (Å²) in [7, 11) is 0. The molecule has 0 aromatic rings. The molecule has 9 atom stereocenters. The Kier molecular flexibility index (Phi) is 4.66. The smallest absolute Gasteiger partial charge is 0.114 e. The zero-order valence-electron chi connectivity index (χ0n) is 16.5. The molecule has 6 heteroatoms. The molecular weight excluding hydrogens is 346 g/mol. The van der Waals surface area contributed by atoms with Crippen molar-refractivity contribution in [2.24, 2.45) is 39.7 Å². The summed E-state index contributed by atoms with van der Waals surface area (Å²) in [6, 6.07) is 0. The van der Waals surface area contributed by atoms with Gasteiger partial charge in [-0.1, -0.05) is 19.0 Å². The molecule has 6 nitrogen and oxygen atoms in total. The van der Waals surface area contributed by atoms with Gasteiger partial charge in [-0.25, -0.2) is 0 Å². The standard InChI is InChI=1S/C21H35NO5/c1-19-7-5-13(24)9-12(19)3-4-14-15-6-8-21(26,17(11-23)22-27)20(15,2)10-16(25)18(14)19/h12-16,18,23-27H,3-11H2,1-2H3/b22-17-/t12-,13-,14+,15+,16+,18-,19+,20+,21+/m1/s1. The zero-order valence-corrected chi connectivity index (χ0v) is 16.5. The summed E-state index contributed by atoms with van der Waals surface area (Å²) in [5.41, 5.74) is -1.91. The molecule has 4 aliphatic rings. The van der Waals surface area contributed by atoms with Crippen LogP contribution in [0.15, 0.2) is 5.16 Å². The lowest BCUT2D eigenvalue weighted by Gasteiger charge is -2.63. The molecule has 0 bridgehead atoms. The third-order valence-electron chi connectivity index (χ3n) is 9.47. The maximum Gasteiger partial charge on any atom is 0.114 e. The van der Waals surface area contributed by atoms with E-state index in [1.54, 1.807) is 0 Å². The molecule has 4 fully saturated rings. The molecule has 0 unspecified atom stereocenters. The molecule has 4 rings (SSSR count). The molecule has 5 N–H and O–H groups in total. The van der Waals surface area contributed by atoms with Gasteiger partial charge in [0.1, 0.15) is 11.3 Å². The molecule has 4 saturated carbocycles. The van der Waals surface area contributed by atoms with E-state index < -0.39 is 23.7 Å². The molecule has 4 aliphatic carbocycles. The van der Waals surface area contributed by atoms with Crippen LogP contribution in [0.5, 0.6) is 0 Å². The van der Waals surface area contributed by atoms with Crippen molar-refractivity contribution >= 4 is 5.71 Å². The van der Waals surface area contributed by atoms with Gasteiger partial charge in [0, 0.05) is 5.41 Å². The fourth-order valence-electron chi connectivity index (χ4n) is 8.08. The van der Waals surface area contributed by atoms with E-state index in [1.165, 1.54) is 0 Å². The van der Waals surface area contributed by atoms with Crippen LogP contribution in [0.3, 0.4) is 0 Å². The number of aliphatic hydroxyl groups is 4. The van der Waals surface area contributed by atoms with Crippen molar-refractivity contribution in [3.8, 4) is 0 Å². The third kappa shape index (κ3) is 2.49. The summed E-state index contributed by atoms with van der Waals surface area (Å²) >= 11 is 0. The second kappa shape index (κ2) is 6.41. The van der Waals surface area contributed by atoms with Gasteiger partial charge in [-0.15, -0.1) is 0 Å². The average Bonchev–Trinajstić information content (AvgIpc) is 2.88. The first-order valence-electron chi connectivity index (χ1n) is 10.6. The van der Waals surface area contributed by atoms with Crippen molar-refractivity contribution in [2.45, 2.75) is 83.0 Å². The summed E-state index contributed by atoms with van der Waals surface area (Å²) in [6.45, 7) is 3.84. The molecular formula is C21H35NO5. The van der Waals surface area contributed by atoms with Gasteiger partial charge >= 0.3 is 0 Å². The van der Waals surface area contributed by atoms with Crippen molar-refractivity contribution < 1.29 is 25.6 Å². The van der Waals surface area contributed by atoms with Gasteiger partial charge in [-0.3, -0.25) is 0 Å². The fourth-order valence-corrected chi connectivity index (χ4v) is 8.08. The number of aliphatic hydroxyl groups excluding tert-OH is 3. The number of hydrogen-bond acceptors (Lipinski definition) is 6. The Bertz CT molecular complexity index is 626. The number of oxime groups is 1. The lowest BCUT2D eigenvalue weighted by Crippen LogP contribution is -2.63. The Morgan fingerprint density at radius 3 is 2.48 bits per heavy atom. The molecule has 27 heavy (non-hydrogen) atoms. The Labute approximate surface area is 161 Å². The van der Waals surface area contributed by atoms with E-state index in [4.69, 9.17) is 0 Å². The van der Waals surface area contributed by atoms with Gasteiger partial charge < -0.3 is 25.6 Å². The number of nitrogens with zero attached hydrogens (tertiary/aromatic N) is 1. The van der Waals surface area contributed by atoms with Crippen LogP contribution in [0.25, 0.3) is 0 Å². The SMILES string of the molecule is C[C@]12CC[C@@H](O)C[C@H]1CC[C@@H]1[C@@H]2[C@@H](O)C[C@@]2(C)[C@H]1CC[C@]2(O)/C(CO)=N\O. The third-order valence-corrected chi connectivity index (χ3v) is 9.47. The number of hydrogen-bond donors (Lipinski definition) is 5. The Morgan fingerprint density at radius 2 is 1.81 bits per heavy atom. The predicted octanol–water partition coefficient (Wildman–Crippen LogP) is 1.91. The quantitative estimate of drug-likeness (QED) is 0.285. The van der Waals surface area contributed by atoms with Crippen LogP contribution in [0.2, 0.25) is 0 Å². The van der Waals surface area contributed by atoms with Crippen molar-refractivity contribution in [1.82, 2.24) is 0 Å². The molecule has 0 spiro atoms. The fraction of sp³-hybridized carbons (Fsp3) is 0.952. The van der Waals surface area contributed by atoms with Gasteiger partial charge in [0.25, 0.3) is 0 Å². The van der Waals surface area contributed by atoms with Crippen LogP contribution in [-0.4, -0.2) is 55.8 Å². The van der Waals surface area contributed by atoms with Crippen LogP contribution in [0.4, 0.5) is 0 Å². The summed E-state index contributed by atoms with van der Waals surface area (Å²) in [6.07, 6.45) is 5.67. The minimum atomic E-state index is -1.37. The minimum absolute atomic E-state index is 0.0267. The van der Waals surface area contributed by atoms with Crippen molar-refractivity contribution in [3.05, 3.63) is 0 Å². The van der Waals surface area contributed by atoms with E-state index in [-0.39, 0.29) is 29.1 Å². The monoisotopic (exact) mass is 381 g/mol. The highest BCUT2D eigenvalue weighted by Gasteiger charge is 2.68. The first-order chi connectivity index (χ1) is 12.7. The molecule has 0 saturated heterocycles. The van der Waals surface area contributed by atoms with E-state index >= 15 is 0 Å². The molecule has 154 valence electrons. The van der Waals surface area contributed by atoms with E-state index in [2.05, 4.69) is 12.1 Å². The predicted molar refractivity (Wildman–Crippen MR) is 100 cm³/mol. The molecule has 0 heterocycles. The molecule has 0 radical (unpaired) electrons. The summed E-state index contributed by atoms with van der Waals surface area (Å²) in [5, 5.41) is 55.1. The highest BCUT2D eigenvalue weighted by molar-refractivity contribution is 5.94. The van der Waals surface area contributed by atoms with Crippen molar-refractivity contribution in [3.63, 3.8) is 0 Å². The van der Waals surface area contributed by atoms with Gasteiger partial charge in [0.05, 0.1) is 18.8 Å². The van der Waals surface area contributed by atoms with Gasteiger partial charge in [0.15, 0.2) is 0 Å². The van der Waals surface area contributed by atoms with Crippen LogP contribution in [0.1, 0.15) is 65.2 Å². The van der Waals surface area contributed by atoms with Gasteiger partial charge in [-0.05, 0) is 80.5 Å². The molecule has 0 amide bonds. The Hall–Kier alpha value is -0.690. The molecule has 0 aliphatic heterocycles. The first-order valence-corrected chi connectivity index (χ1v) is 10.6. The van der Waals surface area contributed by atoms with Gasteiger partial charge in [-0.2, -0.15) is 0 Å². The van der Waals surface area contributed by atoms with Crippen LogP contribution >= 0.6 is 0 Å². The Morgan fingerprint density at radius 1 is 1.07 bits per heavy atom. The summed E-state index contributed by atoms with van der Waals surface area (Å²) in [5.74, 6) is 1.20. The van der Waals surface area contributed by atoms with Crippen molar-refractivity contribution in [2.75, 3.05) is 6.61 Å². The normalized spacial score (nSPS) is 55.6. The highest BCUT2D eigenvalue weighted by atomic mass is 16.4. The average molecular weight is 382 g/mol. The number of rotatable bonds is 2. The maximum absolute atomic E-state index is 11.4.